The summed E-state index contributed by atoms with van der Waals surface area (Å²) in [4.78, 5) is 0. The van der Waals surface area contributed by atoms with E-state index in [1.165, 1.54) is 0 Å². The van der Waals surface area contributed by atoms with Crippen LogP contribution in [0.5, 0.6) is 0 Å². The van der Waals surface area contributed by atoms with Gasteiger partial charge in [-0.25, -0.2) is 4.21 Å². The van der Waals surface area contributed by atoms with Crippen LogP contribution in [0.2, 0.25) is 0 Å². The highest BCUT2D eigenvalue weighted by atomic mass is 32.2. The molecule has 0 aliphatic heterocycles. The van der Waals surface area contributed by atoms with Crippen LogP contribution in [0, 0.1) is 16.1 Å². The highest BCUT2D eigenvalue weighted by molar-refractivity contribution is 7.92. The third-order valence-electron chi connectivity index (χ3n) is 2.84. The van der Waals surface area contributed by atoms with E-state index in [4.69, 9.17) is 4.78 Å². The van der Waals surface area contributed by atoms with Gasteiger partial charge in [0.2, 0.25) is 0 Å². The molecule has 1 N–H and O–H groups in total. The molecular weight excluding hydrogens is 170 g/mol. The fraction of sp³-hybridized carbons (Fsp3) is 1.00. The first kappa shape index (κ1) is 10.0. The minimum Gasteiger partial charge on any atom is -0.253 e. The molecule has 1 saturated carbocycles. The van der Waals surface area contributed by atoms with Crippen molar-refractivity contribution in [2.75, 3.05) is 6.26 Å². The first-order valence-electron chi connectivity index (χ1n) is 4.45. The van der Waals surface area contributed by atoms with E-state index in [2.05, 4.69) is 20.8 Å². The molecule has 0 aromatic rings. The van der Waals surface area contributed by atoms with Crippen LogP contribution in [0.1, 0.15) is 33.6 Å². The Morgan fingerprint density at radius 2 is 1.92 bits per heavy atom. The number of hydrogen-bond donors (Lipinski definition) is 1. The lowest BCUT2D eigenvalue weighted by atomic mass is 9.91. The molecule has 12 heavy (non-hydrogen) atoms. The fourth-order valence-electron chi connectivity index (χ4n) is 2.43. The van der Waals surface area contributed by atoms with Crippen molar-refractivity contribution in [2.45, 2.75) is 38.9 Å². The van der Waals surface area contributed by atoms with Crippen molar-refractivity contribution in [3.05, 3.63) is 0 Å². The average Bonchev–Trinajstić information content (AvgIpc) is 2.03. The second-order valence-corrected chi connectivity index (χ2v) is 7.41. The van der Waals surface area contributed by atoms with Gasteiger partial charge in [0.1, 0.15) is 0 Å². The Morgan fingerprint density at radius 3 is 2.08 bits per heavy atom. The van der Waals surface area contributed by atoms with E-state index in [-0.39, 0.29) is 5.25 Å². The van der Waals surface area contributed by atoms with Crippen LogP contribution < -0.4 is 0 Å². The lowest BCUT2D eigenvalue weighted by Gasteiger charge is -2.17. The first-order valence-corrected chi connectivity index (χ1v) is 6.48. The van der Waals surface area contributed by atoms with Gasteiger partial charge in [0.15, 0.2) is 0 Å². The summed E-state index contributed by atoms with van der Waals surface area (Å²) in [5.74, 6) is 0.454. The molecule has 1 aliphatic rings. The number of hydrogen-bond acceptors (Lipinski definition) is 2. The number of nitrogens with one attached hydrogen (secondary N) is 1. The predicted octanol–water partition coefficient (Wildman–Crippen LogP) is 2.49. The molecule has 72 valence electrons. The fourth-order valence-corrected chi connectivity index (χ4v) is 4.19. The maximum absolute atomic E-state index is 11.6. The molecule has 0 spiro atoms. The van der Waals surface area contributed by atoms with E-state index >= 15 is 0 Å². The molecule has 0 aromatic heterocycles. The van der Waals surface area contributed by atoms with Crippen molar-refractivity contribution < 1.29 is 4.21 Å². The van der Waals surface area contributed by atoms with Crippen LogP contribution >= 0.6 is 0 Å². The summed E-state index contributed by atoms with van der Waals surface area (Å²) in [5, 5.41) is 0.118. The van der Waals surface area contributed by atoms with E-state index in [1.54, 1.807) is 6.26 Å². The first-order chi connectivity index (χ1) is 5.22. The van der Waals surface area contributed by atoms with Crippen LogP contribution in [0.3, 0.4) is 0 Å². The molecule has 0 bridgehead atoms. The van der Waals surface area contributed by atoms with Gasteiger partial charge in [0.05, 0.1) is 0 Å². The van der Waals surface area contributed by atoms with E-state index in [9.17, 15) is 4.21 Å². The van der Waals surface area contributed by atoms with Crippen molar-refractivity contribution in [3.8, 4) is 0 Å². The third kappa shape index (κ3) is 2.00. The Hall–Kier alpha value is -0.0500. The maximum atomic E-state index is 11.6. The second-order valence-electron chi connectivity index (χ2n) is 4.99. The maximum Gasteiger partial charge on any atom is 0.0456 e. The molecule has 3 heteroatoms. The van der Waals surface area contributed by atoms with Gasteiger partial charge >= 0.3 is 0 Å². The molecule has 0 amide bonds. The SMILES string of the molecule is CC1CC(C)(C)CC1S(C)(=N)=O. The summed E-state index contributed by atoms with van der Waals surface area (Å²) in [6, 6.07) is 0. The summed E-state index contributed by atoms with van der Waals surface area (Å²) >= 11 is 0. The summed E-state index contributed by atoms with van der Waals surface area (Å²) in [7, 11) is -2.32. The Morgan fingerprint density at radius 1 is 1.42 bits per heavy atom. The molecule has 0 heterocycles. The van der Waals surface area contributed by atoms with E-state index in [0.29, 0.717) is 11.3 Å². The van der Waals surface area contributed by atoms with Crippen LogP contribution in [0.25, 0.3) is 0 Å². The zero-order valence-electron chi connectivity index (χ0n) is 8.39. The quantitative estimate of drug-likeness (QED) is 0.676. The number of rotatable bonds is 1. The van der Waals surface area contributed by atoms with Gasteiger partial charge in [-0.05, 0) is 24.2 Å². The largest absolute Gasteiger partial charge is 0.253 e. The highest BCUT2D eigenvalue weighted by Crippen LogP contribution is 2.43. The molecule has 1 fully saturated rings. The average molecular weight is 189 g/mol. The Kier molecular flexibility index (Phi) is 2.28. The van der Waals surface area contributed by atoms with Crippen molar-refractivity contribution >= 4 is 9.73 Å². The predicted molar refractivity (Wildman–Crippen MR) is 52.8 cm³/mol. The lowest BCUT2D eigenvalue weighted by Crippen LogP contribution is -2.21. The van der Waals surface area contributed by atoms with Crippen LogP contribution in [0.4, 0.5) is 0 Å². The van der Waals surface area contributed by atoms with Crippen LogP contribution in [-0.2, 0) is 9.73 Å². The van der Waals surface area contributed by atoms with Gasteiger partial charge in [-0.15, -0.1) is 0 Å². The minimum atomic E-state index is -2.32. The van der Waals surface area contributed by atoms with Gasteiger partial charge < -0.3 is 0 Å². The summed E-state index contributed by atoms with van der Waals surface area (Å²) in [6.07, 6.45) is 3.64. The summed E-state index contributed by atoms with van der Waals surface area (Å²) in [5.41, 5.74) is 0.295. The minimum absolute atomic E-state index is 0.118. The Labute approximate surface area is 75.7 Å². The molecule has 2 nitrogen and oxygen atoms in total. The molecule has 0 saturated heterocycles. The molecule has 1 aliphatic carbocycles. The van der Waals surface area contributed by atoms with Gasteiger partial charge in [-0.2, -0.15) is 0 Å². The topological polar surface area (TPSA) is 40.9 Å². The molecule has 3 unspecified atom stereocenters. The van der Waals surface area contributed by atoms with E-state index in [0.717, 1.165) is 12.8 Å². The van der Waals surface area contributed by atoms with Gasteiger partial charge in [0.25, 0.3) is 0 Å². The molecule has 0 aromatic carbocycles. The zero-order valence-corrected chi connectivity index (χ0v) is 9.20. The van der Waals surface area contributed by atoms with Gasteiger partial charge in [0, 0.05) is 21.2 Å². The zero-order chi connectivity index (χ0) is 9.57. The van der Waals surface area contributed by atoms with Crippen LogP contribution in [-0.4, -0.2) is 15.7 Å². The molecule has 1 rings (SSSR count). The normalized spacial score (nSPS) is 39.3. The van der Waals surface area contributed by atoms with Crippen molar-refractivity contribution in [1.82, 2.24) is 0 Å². The van der Waals surface area contributed by atoms with Crippen LogP contribution in [0.15, 0.2) is 0 Å². The standard InChI is InChI=1S/C9H19NOS/c1-7-5-9(2,3)6-8(7)12(4,10)11/h7-8,10H,5-6H2,1-4H3. The summed E-state index contributed by atoms with van der Waals surface area (Å²) < 4.78 is 19.1. The Balaban J connectivity index is 2.85. The van der Waals surface area contributed by atoms with Crippen molar-refractivity contribution in [3.63, 3.8) is 0 Å². The lowest BCUT2D eigenvalue weighted by molar-refractivity contribution is 0.366. The third-order valence-corrected chi connectivity index (χ3v) is 4.63. The highest BCUT2D eigenvalue weighted by Gasteiger charge is 2.40. The molecular formula is C9H19NOS. The molecule has 3 atom stereocenters. The van der Waals surface area contributed by atoms with Crippen molar-refractivity contribution in [2.24, 2.45) is 11.3 Å². The monoisotopic (exact) mass is 189 g/mol. The summed E-state index contributed by atoms with van der Waals surface area (Å²) in [6.45, 7) is 6.53. The van der Waals surface area contributed by atoms with Gasteiger partial charge in [-0.3, -0.25) is 4.78 Å². The van der Waals surface area contributed by atoms with E-state index in [1.807, 2.05) is 0 Å². The smallest absolute Gasteiger partial charge is 0.0456 e. The second kappa shape index (κ2) is 2.72. The molecule has 0 radical (unpaired) electrons. The van der Waals surface area contributed by atoms with Crippen molar-refractivity contribution in [1.29, 1.82) is 4.78 Å². The van der Waals surface area contributed by atoms with E-state index < -0.39 is 9.73 Å². The Bertz CT molecular complexity index is 266. The van der Waals surface area contributed by atoms with Gasteiger partial charge in [-0.1, -0.05) is 20.8 Å².